The maximum Gasteiger partial charge on any atom is 0.317 e. The van der Waals surface area contributed by atoms with Crippen LogP contribution in [-0.4, -0.2) is 61.4 Å². The van der Waals surface area contributed by atoms with Crippen molar-refractivity contribution in [3.8, 4) is 0 Å². The van der Waals surface area contributed by atoms with Crippen molar-refractivity contribution in [2.75, 3.05) is 26.7 Å². The summed E-state index contributed by atoms with van der Waals surface area (Å²) < 4.78 is 26.9. The molecule has 0 saturated carbocycles. The fourth-order valence-corrected chi connectivity index (χ4v) is 4.79. The number of aliphatic carboxylic acids is 1. The number of hydrogen-bond acceptors (Lipinski definition) is 4. The van der Waals surface area contributed by atoms with Gasteiger partial charge < -0.3 is 5.11 Å². The maximum atomic E-state index is 12.7. The van der Waals surface area contributed by atoms with Crippen LogP contribution in [0, 0.1) is 6.92 Å². The van der Waals surface area contributed by atoms with Gasteiger partial charge in [-0.05, 0) is 38.8 Å². The van der Waals surface area contributed by atoms with E-state index in [9.17, 15) is 13.2 Å². The summed E-state index contributed by atoms with van der Waals surface area (Å²) in [6.07, 6.45) is 2.23. The van der Waals surface area contributed by atoms with E-state index in [0.717, 1.165) is 24.0 Å². The van der Waals surface area contributed by atoms with Crippen molar-refractivity contribution in [2.45, 2.75) is 38.0 Å². The Balaban J connectivity index is 2.00. The highest BCUT2D eigenvalue weighted by molar-refractivity contribution is 7.88. The molecule has 0 aliphatic carbocycles. The second-order valence-corrected chi connectivity index (χ2v) is 8.51. The number of likely N-dealkylation sites (N-methyl/N-ethyl adjacent to an activating group) is 1. The Labute approximate surface area is 144 Å². The first-order valence-electron chi connectivity index (χ1n) is 8.23. The van der Waals surface area contributed by atoms with Gasteiger partial charge in [-0.25, -0.2) is 12.7 Å². The Bertz CT molecular complexity index is 675. The van der Waals surface area contributed by atoms with E-state index in [1.807, 2.05) is 31.2 Å². The number of carboxylic acids is 1. The average Bonchev–Trinajstić information content (AvgIpc) is 2.72. The quantitative estimate of drug-likeness (QED) is 0.841. The predicted octanol–water partition coefficient (Wildman–Crippen LogP) is 1.70. The van der Waals surface area contributed by atoms with E-state index in [2.05, 4.69) is 0 Å². The van der Waals surface area contributed by atoms with Crippen molar-refractivity contribution in [1.82, 2.24) is 9.21 Å². The summed E-state index contributed by atoms with van der Waals surface area (Å²) in [6, 6.07) is 7.68. The molecule has 1 unspecified atom stereocenters. The standard InChI is InChI=1S/C17H26N2O4S/c1-14-5-3-6-15(11-14)13-24(22,23)19-9-4-7-16(8-10-19)18(2)12-17(20)21/h3,5-6,11,16H,4,7-10,12-13H2,1-2H3,(H,20,21). The molecule has 1 aromatic rings. The van der Waals surface area contributed by atoms with Gasteiger partial charge >= 0.3 is 5.97 Å². The van der Waals surface area contributed by atoms with Crippen LogP contribution in [0.3, 0.4) is 0 Å². The highest BCUT2D eigenvalue weighted by atomic mass is 32.2. The lowest BCUT2D eigenvalue weighted by atomic mass is 10.1. The SMILES string of the molecule is Cc1cccc(CS(=O)(=O)N2CCCC(N(C)CC(=O)O)CC2)c1. The van der Waals surface area contributed by atoms with Gasteiger partial charge in [-0.2, -0.15) is 0 Å². The zero-order valence-electron chi connectivity index (χ0n) is 14.3. The van der Waals surface area contributed by atoms with Crippen LogP contribution in [0.4, 0.5) is 0 Å². The lowest BCUT2D eigenvalue weighted by Crippen LogP contribution is -2.37. The molecule has 1 atom stereocenters. The van der Waals surface area contributed by atoms with Gasteiger partial charge in [-0.3, -0.25) is 9.69 Å². The van der Waals surface area contributed by atoms with Crippen LogP contribution in [0.2, 0.25) is 0 Å². The molecule has 0 radical (unpaired) electrons. The van der Waals surface area contributed by atoms with Crippen molar-refractivity contribution < 1.29 is 18.3 Å². The van der Waals surface area contributed by atoms with Crippen molar-refractivity contribution in [2.24, 2.45) is 0 Å². The van der Waals surface area contributed by atoms with Crippen molar-refractivity contribution >= 4 is 16.0 Å². The first-order valence-corrected chi connectivity index (χ1v) is 9.84. The number of benzene rings is 1. The second-order valence-electron chi connectivity index (χ2n) is 6.54. The zero-order valence-corrected chi connectivity index (χ0v) is 15.1. The molecule has 1 saturated heterocycles. The van der Waals surface area contributed by atoms with Crippen LogP contribution in [-0.2, 0) is 20.6 Å². The lowest BCUT2D eigenvalue weighted by Gasteiger charge is -2.25. The Morgan fingerprint density at radius 3 is 2.75 bits per heavy atom. The third-order valence-corrected chi connectivity index (χ3v) is 6.34. The minimum atomic E-state index is -3.35. The third kappa shape index (κ3) is 5.29. The molecular weight excluding hydrogens is 328 g/mol. The minimum Gasteiger partial charge on any atom is -0.480 e. The number of nitrogens with zero attached hydrogens (tertiary/aromatic N) is 2. The molecule has 1 fully saturated rings. The van der Waals surface area contributed by atoms with Crippen LogP contribution in [0.5, 0.6) is 0 Å². The van der Waals surface area contributed by atoms with Gasteiger partial charge in [0, 0.05) is 19.1 Å². The number of sulfonamides is 1. The molecule has 6 nitrogen and oxygen atoms in total. The molecule has 24 heavy (non-hydrogen) atoms. The topological polar surface area (TPSA) is 77.9 Å². The summed E-state index contributed by atoms with van der Waals surface area (Å²) in [5, 5.41) is 8.90. The number of carboxylic acid groups (broad SMARTS) is 1. The second kappa shape index (κ2) is 8.09. The average molecular weight is 354 g/mol. The summed E-state index contributed by atoms with van der Waals surface area (Å²) in [6.45, 7) is 2.89. The fourth-order valence-electron chi connectivity index (χ4n) is 3.22. The van der Waals surface area contributed by atoms with Gasteiger partial charge in [0.25, 0.3) is 0 Å². The first kappa shape index (κ1) is 18.9. The van der Waals surface area contributed by atoms with E-state index in [-0.39, 0.29) is 18.3 Å². The highest BCUT2D eigenvalue weighted by Crippen LogP contribution is 2.20. The van der Waals surface area contributed by atoms with Crippen molar-refractivity contribution in [1.29, 1.82) is 0 Å². The van der Waals surface area contributed by atoms with E-state index in [1.54, 1.807) is 16.3 Å². The van der Waals surface area contributed by atoms with Gasteiger partial charge in [0.15, 0.2) is 0 Å². The number of aryl methyl sites for hydroxylation is 1. The smallest absolute Gasteiger partial charge is 0.317 e. The van der Waals surface area contributed by atoms with E-state index in [0.29, 0.717) is 19.5 Å². The van der Waals surface area contributed by atoms with Gasteiger partial charge in [-0.15, -0.1) is 0 Å². The Morgan fingerprint density at radius 1 is 1.33 bits per heavy atom. The molecule has 2 rings (SSSR count). The van der Waals surface area contributed by atoms with Crippen LogP contribution >= 0.6 is 0 Å². The summed E-state index contributed by atoms with van der Waals surface area (Å²) in [5.41, 5.74) is 1.85. The van der Waals surface area contributed by atoms with Gasteiger partial charge in [0.05, 0.1) is 12.3 Å². The van der Waals surface area contributed by atoms with E-state index in [1.165, 1.54) is 0 Å². The minimum absolute atomic E-state index is 0.0132. The highest BCUT2D eigenvalue weighted by Gasteiger charge is 2.28. The molecule has 134 valence electrons. The number of hydrogen-bond donors (Lipinski definition) is 1. The molecule has 1 N–H and O–H groups in total. The van der Waals surface area contributed by atoms with E-state index in [4.69, 9.17) is 5.11 Å². The van der Waals surface area contributed by atoms with Gasteiger partial charge in [-0.1, -0.05) is 29.8 Å². The maximum absolute atomic E-state index is 12.7. The molecule has 7 heteroatoms. The molecular formula is C17H26N2O4S. The van der Waals surface area contributed by atoms with E-state index < -0.39 is 16.0 Å². The molecule has 1 aliphatic rings. The van der Waals surface area contributed by atoms with Crippen LogP contribution in [0.25, 0.3) is 0 Å². The molecule has 0 spiro atoms. The fraction of sp³-hybridized carbons (Fsp3) is 0.588. The summed E-state index contributed by atoms with van der Waals surface area (Å²) in [4.78, 5) is 12.6. The molecule has 0 aromatic heterocycles. The van der Waals surface area contributed by atoms with Gasteiger partial charge in [0.1, 0.15) is 0 Å². The van der Waals surface area contributed by atoms with Crippen LogP contribution in [0.1, 0.15) is 30.4 Å². The summed E-state index contributed by atoms with van der Waals surface area (Å²) in [7, 11) is -1.56. The summed E-state index contributed by atoms with van der Waals surface area (Å²) >= 11 is 0. The lowest BCUT2D eigenvalue weighted by molar-refractivity contribution is -0.138. The molecule has 1 aliphatic heterocycles. The van der Waals surface area contributed by atoms with Gasteiger partial charge in [0.2, 0.25) is 10.0 Å². The normalized spacial score (nSPS) is 20.0. The zero-order chi connectivity index (χ0) is 17.7. The van der Waals surface area contributed by atoms with Crippen LogP contribution in [0.15, 0.2) is 24.3 Å². The number of rotatable bonds is 6. The predicted molar refractivity (Wildman–Crippen MR) is 93.3 cm³/mol. The number of carbonyl (C=O) groups is 1. The molecule has 1 heterocycles. The Kier molecular flexibility index (Phi) is 6.37. The molecule has 1 aromatic carbocycles. The monoisotopic (exact) mass is 354 g/mol. The molecule has 0 bridgehead atoms. The Morgan fingerprint density at radius 2 is 2.08 bits per heavy atom. The van der Waals surface area contributed by atoms with Crippen LogP contribution < -0.4 is 0 Å². The van der Waals surface area contributed by atoms with Crippen molar-refractivity contribution in [3.63, 3.8) is 0 Å². The summed E-state index contributed by atoms with van der Waals surface area (Å²) in [5.74, 6) is -0.838. The van der Waals surface area contributed by atoms with Crippen molar-refractivity contribution in [3.05, 3.63) is 35.4 Å². The molecule has 0 amide bonds. The third-order valence-electron chi connectivity index (χ3n) is 4.49. The largest absolute Gasteiger partial charge is 0.480 e. The first-order chi connectivity index (χ1) is 11.3. The van der Waals surface area contributed by atoms with E-state index >= 15 is 0 Å². The Hall–Kier alpha value is -1.44.